The molecule has 10 nitrogen and oxygen atoms in total. The number of nitrogens with zero attached hydrogens (tertiary/aromatic N) is 1. The maximum Gasteiger partial charge on any atom is 0.407 e. The van der Waals surface area contributed by atoms with Crippen molar-refractivity contribution < 1.29 is 33.4 Å². The SMILES string of the molecule is O=C(NCC(=O)N1[C@H](Cc2cccc(OCc3ccccc3)c2)c2ccccc2C[C@H]1C(=O)N[C@@H](Cc1ccccc1)C(=O)OCc1ccccc1)OCc1ccccc1. The van der Waals surface area contributed by atoms with Gasteiger partial charge in [-0.2, -0.15) is 0 Å². The number of hydrogen-bond acceptors (Lipinski definition) is 7. The van der Waals surface area contributed by atoms with Crippen LogP contribution in [0.15, 0.2) is 170 Å². The molecule has 3 amide bonds. The largest absolute Gasteiger partial charge is 0.489 e. The van der Waals surface area contributed by atoms with Crippen LogP contribution < -0.4 is 15.4 Å². The van der Waals surface area contributed by atoms with Crippen LogP contribution in [0.3, 0.4) is 0 Å². The van der Waals surface area contributed by atoms with Gasteiger partial charge in [0.15, 0.2) is 0 Å². The zero-order chi connectivity index (χ0) is 41.5. The number of hydrogen-bond donors (Lipinski definition) is 2. The highest BCUT2D eigenvalue weighted by molar-refractivity contribution is 5.93. The van der Waals surface area contributed by atoms with Crippen LogP contribution in [0, 0.1) is 0 Å². The number of carbonyl (C=O) groups excluding carboxylic acids is 4. The highest BCUT2D eigenvalue weighted by atomic mass is 16.5. The second-order valence-electron chi connectivity index (χ2n) is 14.6. The van der Waals surface area contributed by atoms with Gasteiger partial charge in [-0.1, -0.05) is 158 Å². The van der Waals surface area contributed by atoms with Crippen molar-refractivity contribution in [1.82, 2.24) is 15.5 Å². The Morgan fingerprint density at radius 2 is 1.15 bits per heavy atom. The van der Waals surface area contributed by atoms with E-state index in [1.54, 1.807) is 4.90 Å². The van der Waals surface area contributed by atoms with Crippen molar-refractivity contribution in [3.8, 4) is 5.75 Å². The monoisotopic (exact) mass is 801 g/mol. The van der Waals surface area contributed by atoms with Crippen LogP contribution in [-0.4, -0.2) is 47.4 Å². The zero-order valence-corrected chi connectivity index (χ0v) is 33.2. The molecule has 304 valence electrons. The molecule has 2 N–H and O–H groups in total. The summed E-state index contributed by atoms with van der Waals surface area (Å²) in [5.74, 6) is -0.953. The number of carbonyl (C=O) groups is 4. The summed E-state index contributed by atoms with van der Waals surface area (Å²) in [5, 5.41) is 5.58. The van der Waals surface area contributed by atoms with Crippen LogP contribution in [0.1, 0.15) is 45.0 Å². The van der Waals surface area contributed by atoms with Crippen molar-refractivity contribution in [3.63, 3.8) is 0 Å². The number of alkyl carbamates (subject to hydrolysis) is 1. The average molecular weight is 802 g/mol. The topological polar surface area (TPSA) is 123 Å². The molecule has 1 aliphatic heterocycles. The predicted molar refractivity (Wildman–Crippen MR) is 227 cm³/mol. The van der Waals surface area contributed by atoms with Gasteiger partial charge in [-0.15, -0.1) is 0 Å². The predicted octanol–water partition coefficient (Wildman–Crippen LogP) is 7.70. The van der Waals surface area contributed by atoms with E-state index in [9.17, 15) is 19.2 Å². The molecular weight excluding hydrogens is 755 g/mol. The Labute approximate surface area is 350 Å². The van der Waals surface area contributed by atoms with Gasteiger partial charge in [-0.3, -0.25) is 9.59 Å². The molecule has 10 heteroatoms. The van der Waals surface area contributed by atoms with E-state index in [1.807, 2.05) is 170 Å². The molecule has 1 aliphatic rings. The minimum Gasteiger partial charge on any atom is -0.489 e. The lowest BCUT2D eigenvalue weighted by Crippen LogP contribution is -2.59. The zero-order valence-electron chi connectivity index (χ0n) is 33.2. The number of esters is 1. The average Bonchev–Trinajstić information content (AvgIpc) is 3.29. The molecule has 0 radical (unpaired) electrons. The number of fused-ring (bicyclic) bond motifs is 1. The number of nitrogens with one attached hydrogen (secondary N) is 2. The third-order valence-corrected chi connectivity index (χ3v) is 10.4. The summed E-state index contributed by atoms with van der Waals surface area (Å²) in [6.45, 7) is 0.0121. The molecule has 0 spiro atoms. The Balaban J connectivity index is 1.16. The van der Waals surface area contributed by atoms with Crippen molar-refractivity contribution in [2.24, 2.45) is 0 Å². The number of ether oxygens (including phenoxy) is 3. The van der Waals surface area contributed by atoms with E-state index in [1.165, 1.54) is 0 Å². The Kier molecular flexibility index (Phi) is 14.0. The fraction of sp³-hybridized carbons (Fsp3) is 0.200. The second-order valence-corrected chi connectivity index (χ2v) is 14.6. The van der Waals surface area contributed by atoms with E-state index in [-0.39, 0.29) is 26.1 Å². The molecule has 0 unspecified atom stereocenters. The lowest BCUT2D eigenvalue weighted by Gasteiger charge is -2.43. The maximum atomic E-state index is 14.7. The van der Waals surface area contributed by atoms with Gasteiger partial charge in [0.1, 0.15) is 44.2 Å². The van der Waals surface area contributed by atoms with E-state index in [2.05, 4.69) is 10.6 Å². The molecule has 1 heterocycles. The smallest absolute Gasteiger partial charge is 0.407 e. The van der Waals surface area contributed by atoms with Gasteiger partial charge in [-0.05, 0) is 57.5 Å². The molecule has 0 fully saturated rings. The van der Waals surface area contributed by atoms with Gasteiger partial charge in [0, 0.05) is 12.8 Å². The molecule has 0 saturated carbocycles. The van der Waals surface area contributed by atoms with Crippen LogP contribution in [0.2, 0.25) is 0 Å². The molecule has 0 saturated heterocycles. The molecular formula is C50H47N3O7. The third kappa shape index (κ3) is 11.3. The van der Waals surface area contributed by atoms with Crippen molar-refractivity contribution in [3.05, 3.63) is 209 Å². The summed E-state index contributed by atoms with van der Waals surface area (Å²) in [6.07, 6.45) is -0.0829. The fourth-order valence-electron chi connectivity index (χ4n) is 7.37. The van der Waals surface area contributed by atoms with Gasteiger partial charge in [0.25, 0.3) is 0 Å². The van der Waals surface area contributed by atoms with Crippen molar-refractivity contribution in [1.29, 1.82) is 0 Å². The van der Waals surface area contributed by atoms with E-state index in [4.69, 9.17) is 14.2 Å². The molecule has 7 rings (SSSR count). The van der Waals surface area contributed by atoms with E-state index >= 15 is 0 Å². The first-order valence-electron chi connectivity index (χ1n) is 20.0. The normalized spacial score (nSPS) is 14.8. The van der Waals surface area contributed by atoms with Crippen LogP contribution in [0.4, 0.5) is 4.79 Å². The van der Waals surface area contributed by atoms with E-state index < -0.39 is 48.5 Å². The highest BCUT2D eigenvalue weighted by Crippen LogP contribution is 2.36. The number of amides is 3. The quantitative estimate of drug-likeness (QED) is 0.0963. The van der Waals surface area contributed by atoms with Crippen LogP contribution in [-0.2, 0) is 62.9 Å². The van der Waals surface area contributed by atoms with E-state index in [0.717, 1.165) is 38.9 Å². The summed E-state index contributed by atoms with van der Waals surface area (Å²) in [5.41, 5.74) is 6.10. The van der Waals surface area contributed by atoms with Gasteiger partial charge in [-0.25, -0.2) is 9.59 Å². The first-order valence-corrected chi connectivity index (χ1v) is 20.0. The molecule has 6 aromatic carbocycles. The molecule has 60 heavy (non-hydrogen) atoms. The molecule has 0 aliphatic carbocycles. The fourth-order valence-corrected chi connectivity index (χ4v) is 7.37. The van der Waals surface area contributed by atoms with Crippen molar-refractivity contribution >= 4 is 23.9 Å². The summed E-state index contributed by atoms with van der Waals surface area (Å²) in [7, 11) is 0. The number of rotatable bonds is 16. The lowest BCUT2D eigenvalue weighted by molar-refractivity contribution is -0.151. The molecule has 3 atom stereocenters. The minimum atomic E-state index is -1.05. The minimum absolute atomic E-state index is 0.0253. The van der Waals surface area contributed by atoms with Gasteiger partial charge in [0.05, 0.1) is 6.04 Å². The third-order valence-electron chi connectivity index (χ3n) is 10.4. The number of benzene rings is 6. The Bertz CT molecular complexity index is 2340. The molecule has 6 aromatic rings. The second kappa shape index (κ2) is 20.5. The first kappa shape index (κ1) is 41.0. The van der Waals surface area contributed by atoms with Gasteiger partial charge in [0.2, 0.25) is 11.8 Å². The standard InChI is InChI=1S/C50H47N3O7/c54-47(32-51-50(57)60-35-39-22-11-4-12-23-39)53-45(30-40-24-15-26-42(28-40)58-33-37-18-7-2-8-19-37)43-27-14-13-25-41(43)31-46(53)48(55)52-44(29-36-16-5-1-6-17-36)49(56)59-34-38-20-9-3-10-21-38/h1-28,44-46H,29-35H2,(H,51,57)(H,52,55)/t44-,45+,46-/m0/s1. The van der Waals surface area contributed by atoms with E-state index in [0.29, 0.717) is 18.8 Å². The van der Waals surface area contributed by atoms with Crippen LogP contribution in [0.25, 0.3) is 0 Å². The highest BCUT2D eigenvalue weighted by Gasteiger charge is 2.42. The van der Waals surface area contributed by atoms with Crippen molar-refractivity contribution in [2.75, 3.05) is 6.54 Å². The summed E-state index contributed by atoms with van der Waals surface area (Å²) in [4.78, 5) is 57.5. The van der Waals surface area contributed by atoms with Gasteiger partial charge >= 0.3 is 12.1 Å². The van der Waals surface area contributed by atoms with Crippen LogP contribution in [0.5, 0.6) is 5.75 Å². The Morgan fingerprint density at radius 1 is 0.600 bits per heavy atom. The first-order chi connectivity index (χ1) is 29.4. The van der Waals surface area contributed by atoms with Crippen LogP contribution >= 0.6 is 0 Å². The molecule has 0 aromatic heterocycles. The summed E-state index contributed by atoms with van der Waals surface area (Å²) in [6, 6.07) is 50.5. The van der Waals surface area contributed by atoms with Crippen molar-refractivity contribution in [2.45, 2.75) is 57.2 Å². The Morgan fingerprint density at radius 3 is 1.80 bits per heavy atom. The maximum absolute atomic E-state index is 14.7. The molecule has 0 bridgehead atoms. The van der Waals surface area contributed by atoms with Gasteiger partial charge < -0.3 is 29.7 Å². The summed E-state index contributed by atoms with van der Waals surface area (Å²) < 4.78 is 17.3. The summed E-state index contributed by atoms with van der Waals surface area (Å²) >= 11 is 0. The lowest BCUT2D eigenvalue weighted by atomic mass is 9.84. The Hall–Kier alpha value is -7.20.